The molecule has 1 aromatic heterocycles. The van der Waals surface area contributed by atoms with Crippen LogP contribution in [0.4, 0.5) is 0 Å². The Morgan fingerprint density at radius 1 is 1.47 bits per heavy atom. The predicted molar refractivity (Wildman–Crippen MR) is 71.7 cm³/mol. The smallest absolute Gasteiger partial charge is 0.352 e. The molecule has 0 bridgehead atoms. The van der Waals surface area contributed by atoms with Gasteiger partial charge in [0.1, 0.15) is 5.69 Å². The van der Waals surface area contributed by atoms with E-state index < -0.39 is 5.97 Å². The highest BCUT2D eigenvalue weighted by Gasteiger charge is 2.27. The van der Waals surface area contributed by atoms with E-state index in [1.165, 1.54) is 25.8 Å². The minimum absolute atomic E-state index is 0.101. The van der Waals surface area contributed by atoms with Gasteiger partial charge in [-0.25, -0.2) is 4.79 Å². The molecule has 5 nitrogen and oxygen atoms in total. The van der Waals surface area contributed by atoms with Gasteiger partial charge in [-0.2, -0.15) is 0 Å². The highest BCUT2D eigenvalue weighted by Crippen LogP contribution is 2.26. The molecule has 0 spiro atoms. The molecule has 104 valence electrons. The van der Waals surface area contributed by atoms with Crippen molar-refractivity contribution in [2.24, 2.45) is 0 Å². The molecule has 0 saturated heterocycles. The van der Waals surface area contributed by atoms with Crippen molar-refractivity contribution in [1.29, 1.82) is 0 Å². The minimum Gasteiger partial charge on any atom is -0.477 e. The first kappa shape index (κ1) is 13.8. The monoisotopic (exact) mass is 264 g/mol. The molecule has 2 rings (SSSR count). The van der Waals surface area contributed by atoms with Crippen molar-refractivity contribution in [2.45, 2.75) is 39.3 Å². The van der Waals surface area contributed by atoms with E-state index in [2.05, 4.69) is 11.8 Å². The number of rotatable bonds is 7. The first-order valence-electron chi connectivity index (χ1n) is 6.71. The van der Waals surface area contributed by atoms with Gasteiger partial charge in [0.05, 0.1) is 0 Å². The zero-order valence-electron chi connectivity index (χ0n) is 11.4. The number of Topliss-reactive ketones (excluding diaryl/α,β-unsaturated/α-hetero) is 1. The van der Waals surface area contributed by atoms with Crippen LogP contribution < -0.4 is 0 Å². The minimum atomic E-state index is -0.984. The average molecular weight is 264 g/mol. The van der Waals surface area contributed by atoms with Crippen molar-refractivity contribution >= 4 is 11.8 Å². The number of carboxylic acid groups (broad SMARTS) is 1. The Morgan fingerprint density at radius 2 is 2.16 bits per heavy atom. The topological polar surface area (TPSA) is 62.5 Å². The summed E-state index contributed by atoms with van der Waals surface area (Å²) in [7, 11) is 0. The summed E-state index contributed by atoms with van der Waals surface area (Å²) in [6, 6.07) is 2.12. The van der Waals surface area contributed by atoms with Crippen LogP contribution in [0.25, 0.3) is 0 Å². The van der Waals surface area contributed by atoms with Crippen LogP contribution in [-0.2, 0) is 6.54 Å². The van der Waals surface area contributed by atoms with Crippen LogP contribution in [0.2, 0.25) is 0 Å². The second-order valence-electron chi connectivity index (χ2n) is 5.03. The van der Waals surface area contributed by atoms with Crippen LogP contribution in [0, 0.1) is 0 Å². The number of ketones is 1. The van der Waals surface area contributed by atoms with Crippen molar-refractivity contribution in [3.05, 3.63) is 23.5 Å². The van der Waals surface area contributed by atoms with Gasteiger partial charge in [0.2, 0.25) is 0 Å². The number of aromatic carboxylic acids is 1. The third-order valence-corrected chi connectivity index (χ3v) is 3.62. The molecule has 0 radical (unpaired) electrons. The van der Waals surface area contributed by atoms with Gasteiger partial charge in [-0.3, -0.25) is 9.69 Å². The number of carbonyl (C=O) groups excluding carboxylic acids is 1. The number of carbonyl (C=O) groups is 2. The Labute approximate surface area is 112 Å². The Bertz CT molecular complexity index is 489. The summed E-state index contributed by atoms with van der Waals surface area (Å²) in [4.78, 5) is 24.9. The number of hydrogen-bond donors (Lipinski definition) is 1. The van der Waals surface area contributed by atoms with Crippen molar-refractivity contribution in [1.82, 2.24) is 9.47 Å². The summed E-state index contributed by atoms with van der Waals surface area (Å²) >= 11 is 0. The fraction of sp³-hybridized carbons (Fsp3) is 0.571. The van der Waals surface area contributed by atoms with Crippen LogP contribution in [-0.4, -0.2) is 45.5 Å². The first-order chi connectivity index (χ1) is 9.02. The molecule has 5 heteroatoms. The molecular formula is C14H20N2O3. The van der Waals surface area contributed by atoms with E-state index in [4.69, 9.17) is 5.11 Å². The lowest BCUT2D eigenvalue weighted by molar-refractivity contribution is 0.0684. The van der Waals surface area contributed by atoms with Gasteiger partial charge in [0.25, 0.3) is 0 Å². The molecule has 0 unspecified atom stereocenters. The molecule has 19 heavy (non-hydrogen) atoms. The van der Waals surface area contributed by atoms with Gasteiger partial charge < -0.3 is 9.67 Å². The molecular weight excluding hydrogens is 244 g/mol. The van der Waals surface area contributed by atoms with Crippen molar-refractivity contribution < 1.29 is 14.7 Å². The maximum atomic E-state index is 11.3. The van der Waals surface area contributed by atoms with Crippen LogP contribution in [0.5, 0.6) is 0 Å². The van der Waals surface area contributed by atoms with Crippen LogP contribution >= 0.6 is 0 Å². The molecule has 1 saturated carbocycles. The fourth-order valence-electron chi connectivity index (χ4n) is 2.34. The maximum Gasteiger partial charge on any atom is 0.352 e. The van der Waals surface area contributed by atoms with Gasteiger partial charge in [0.15, 0.2) is 5.78 Å². The van der Waals surface area contributed by atoms with Gasteiger partial charge in [0, 0.05) is 30.9 Å². The van der Waals surface area contributed by atoms with Crippen molar-refractivity contribution in [3.8, 4) is 0 Å². The predicted octanol–water partition coefficient (Wildman–Crippen LogP) is 1.87. The lowest BCUT2D eigenvalue weighted by atomic mass is 10.2. The highest BCUT2D eigenvalue weighted by atomic mass is 16.4. The van der Waals surface area contributed by atoms with Crippen LogP contribution in [0.3, 0.4) is 0 Å². The van der Waals surface area contributed by atoms with E-state index in [0.29, 0.717) is 18.2 Å². The summed E-state index contributed by atoms with van der Waals surface area (Å²) in [5, 5.41) is 9.16. The van der Waals surface area contributed by atoms with Crippen LogP contribution in [0.15, 0.2) is 12.3 Å². The second-order valence-corrected chi connectivity index (χ2v) is 5.03. The zero-order valence-corrected chi connectivity index (χ0v) is 11.4. The van der Waals surface area contributed by atoms with Crippen molar-refractivity contribution in [3.63, 3.8) is 0 Å². The van der Waals surface area contributed by atoms with Gasteiger partial charge >= 0.3 is 5.97 Å². The molecule has 0 atom stereocenters. The van der Waals surface area contributed by atoms with E-state index in [1.54, 1.807) is 10.8 Å². The largest absolute Gasteiger partial charge is 0.477 e. The molecule has 0 aromatic carbocycles. The number of hydrogen-bond acceptors (Lipinski definition) is 3. The lowest BCUT2D eigenvalue weighted by Crippen LogP contribution is -2.29. The van der Waals surface area contributed by atoms with E-state index in [9.17, 15) is 9.59 Å². The van der Waals surface area contributed by atoms with Gasteiger partial charge in [-0.05, 0) is 32.4 Å². The van der Waals surface area contributed by atoms with E-state index >= 15 is 0 Å². The molecule has 1 aliphatic carbocycles. The quantitative estimate of drug-likeness (QED) is 0.764. The zero-order chi connectivity index (χ0) is 14.0. The highest BCUT2D eigenvalue weighted by molar-refractivity contribution is 5.97. The number of carboxylic acids is 1. The van der Waals surface area contributed by atoms with E-state index in [1.807, 2.05) is 0 Å². The first-order valence-corrected chi connectivity index (χ1v) is 6.71. The number of likely N-dealkylation sites (N-methyl/N-ethyl adjacent to an activating group) is 1. The van der Waals surface area contributed by atoms with Gasteiger partial charge in [-0.15, -0.1) is 0 Å². The molecule has 0 aliphatic heterocycles. The van der Waals surface area contributed by atoms with Crippen molar-refractivity contribution in [2.75, 3.05) is 13.1 Å². The second kappa shape index (κ2) is 5.57. The molecule has 1 aromatic rings. The summed E-state index contributed by atoms with van der Waals surface area (Å²) in [5.74, 6) is -1.09. The Balaban J connectivity index is 2.09. The molecule has 1 fully saturated rings. The number of aromatic nitrogens is 1. The summed E-state index contributed by atoms with van der Waals surface area (Å²) in [6.45, 7) is 5.99. The SMILES string of the molecule is CCN(CCn1cc(C(C)=O)cc1C(=O)O)C1CC1. The maximum absolute atomic E-state index is 11.3. The summed E-state index contributed by atoms with van der Waals surface area (Å²) in [6.07, 6.45) is 4.13. The normalized spacial score (nSPS) is 14.9. The summed E-state index contributed by atoms with van der Waals surface area (Å²) < 4.78 is 1.67. The van der Waals surface area contributed by atoms with E-state index in [0.717, 1.165) is 13.1 Å². The molecule has 1 aliphatic rings. The Morgan fingerprint density at radius 3 is 2.63 bits per heavy atom. The number of nitrogens with zero attached hydrogens (tertiary/aromatic N) is 2. The van der Waals surface area contributed by atoms with Gasteiger partial charge in [-0.1, -0.05) is 6.92 Å². The Kier molecular flexibility index (Phi) is 4.04. The third-order valence-electron chi connectivity index (χ3n) is 3.62. The van der Waals surface area contributed by atoms with E-state index in [-0.39, 0.29) is 11.5 Å². The fourth-order valence-corrected chi connectivity index (χ4v) is 2.34. The molecule has 1 heterocycles. The Hall–Kier alpha value is -1.62. The average Bonchev–Trinajstić information content (AvgIpc) is 3.08. The lowest BCUT2D eigenvalue weighted by Gasteiger charge is -2.20. The third kappa shape index (κ3) is 3.23. The molecule has 0 amide bonds. The molecule has 1 N–H and O–H groups in total. The summed E-state index contributed by atoms with van der Waals surface area (Å²) in [5.41, 5.74) is 0.656. The van der Waals surface area contributed by atoms with Crippen LogP contribution in [0.1, 0.15) is 47.5 Å². The standard InChI is InChI=1S/C14H20N2O3/c1-3-15(12-4-5-12)6-7-16-9-11(10(2)17)8-13(16)14(18)19/h8-9,12H,3-7H2,1-2H3,(H,18,19).